The fourth-order valence-electron chi connectivity index (χ4n) is 4.00. The lowest BCUT2D eigenvalue weighted by Crippen LogP contribution is -2.34. The number of nitrogens with zero attached hydrogens (tertiary/aromatic N) is 2. The number of benzene rings is 2. The minimum absolute atomic E-state index is 0.00214. The van der Waals surface area contributed by atoms with Gasteiger partial charge >= 0.3 is 0 Å². The molecule has 2 aromatic carbocycles. The maximum Gasteiger partial charge on any atom is 0.258 e. The highest BCUT2D eigenvalue weighted by molar-refractivity contribution is 5.78. The second-order valence-corrected chi connectivity index (χ2v) is 8.21. The summed E-state index contributed by atoms with van der Waals surface area (Å²) in [4.78, 5) is 12.5. The van der Waals surface area contributed by atoms with Crippen molar-refractivity contribution in [3.8, 4) is 5.75 Å². The van der Waals surface area contributed by atoms with Crippen LogP contribution in [0.4, 0.5) is 0 Å². The molecule has 0 aliphatic heterocycles. The molecule has 5 heteroatoms. The van der Waals surface area contributed by atoms with Crippen LogP contribution in [0.15, 0.2) is 60.8 Å². The second kappa shape index (κ2) is 9.16. The van der Waals surface area contributed by atoms with Crippen LogP contribution in [-0.4, -0.2) is 22.3 Å². The van der Waals surface area contributed by atoms with E-state index < -0.39 is 0 Å². The van der Waals surface area contributed by atoms with E-state index in [0.717, 1.165) is 37.1 Å². The molecule has 1 unspecified atom stereocenters. The molecular formula is C25H29N3O2. The van der Waals surface area contributed by atoms with E-state index in [9.17, 15) is 4.79 Å². The molecule has 1 aromatic heterocycles. The smallest absolute Gasteiger partial charge is 0.258 e. The Morgan fingerprint density at radius 2 is 1.93 bits per heavy atom. The average molecular weight is 404 g/mol. The first-order chi connectivity index (χ1) is 14.6. The summed E-state index contributed by atoms with van der Waals surface area (Å²) >= 11 is 0. The zero-order valence-electron chi connectivity index (χ0n) is 17.7. The molecule has 1 aliphatic rings. The molecule has 4 rings (SSSR count). The highest BCUT2D eigenvalue weighted by atomic mass is 16.5. The third kappa shape index (κ3) is 4.73. The van der Waals surface area contributed by atoms with Crippen LogP contribution >= 0.6 is 0 Å². The number of ether oxygens (including phenoxy) is 1. The molecule has 0 bridgehead atoms. The van der Waals surface area contributed by atoms with Gasteiger partial charge in [-0.05, 0) is 48.4 Å². The minimum Gasteiger partial charge on any atom is -0.484 e. The number of carbonyl (C=O) groups excluding carboxylic acids is 1. The third-order valence-electron chi connectivity index (χ3n) is 5.69. The van der Waals surface area contributed by atoms with Crippen LogP contribution in [0.3, 0.4) is 0 Å². The SMILES string of the molecule is CC(C)c1ccc(OCC(=O)NC2CCCc3c2cnn3Cc2ccccc2)cc1. The van der Waals surface area contributed by atoms with Gasteiger partial charge in [0.15, 0.2) is 6.61 Å². The lowest BCUT2D eigenvalue weighted by molar-refractivity contribution is -0.123. The van der Waals surface area contributed by atoms with E-state index in [-0.39, 0.29) is 18.6 Å². The maximum atomic E-state index is 12.5. The van der Waals surface area contributed by atoms with Gasteiger partial charge in [0.2, 0.25) is 0 Å². The van der Waals surface area contributed by atoms with E-state index in [2.05, 4.69) is 41.1 Å². The average Bonchev–Trinajstić information content (AvgIpc) is 3.17. The lowest BCUT2D eigenvalue weighted by atomic mass is 9.93. The summed E-state index contributed by atoms with van der Waals surface area (Å²) in [6.07, 6.45) is 4.87. The molecule has 1 amide bonds. The van der Waals surface area contributed by atoms with E-state index in [0.29, 0.717) is 5.92 Å². The molecule has 1 N–H and O–H groups in total. The van der Waals surface area contributed by atoms with Crippen molar-refractivity contribution < 1.29 is 9.53 Å². The zero-order chi connectivity index (χ0) is 20.9. The van der Waals surface area contributed by atoms with Crippen LogP contribution in [0.25, 0.3) is 0 Å². The van der Waals surface area contributed by atoms with Crippen molar-refractivity contribution in [2.24, 2.45) is 0 Å². The van der Waals surface area contributed by atoms with Crippen LogP contribution in [0.2, 0.25) is 0 Å². The first-order valence-corrected chi connectivity index (χ1v) is 10.7. The van der Waals surface area contributed by atoms with Gasteiger partial charge in [-0.1, -0.05) is 56.3 Å². The van der Waals surface area contributed by atoms with E-state index in [4.69, 9.17) is 4.74 Å². The second-order valence-electron chi connectivity index (χ2n) is 8.21. The minimum atomic E-state index is -0.100. The van der Waals surface area contributed by atoms with Gasteiger partial charge in [0.25, 0.3) is 5.91 Å². The number of rotatable bonds is 7. The van der Waals surface area contributed by atoms with Crippen molar-refractivity contribution in [3.05, 3.63) is 83.2 Å². The number of fused-ring (bicyclic) bond motifs is 1. The Morgan fingerprint density at radius 1 is 1.17 bits per heavy atom. The molecule has 1 aliphatic carbocycles. The third-order valence-corrected chi connectivity index (χ3v) is 5.69. The Hall–Kier alpha value is -3.08. The fourth-order valence-corrected chi connectivity index (χ4v) is 4.00. The van der Waals surface area contributed by atoms with Gasteiger partial charge in [0.05, 0.1) is 18.8 Å². The van der Waals surface area contributed by atoms with Gasteiger partial charge in [-0.25, -0.2) is 0 Å². The van der Waals surface area contributed by atoms with Crippen LogP contribution in [0, 0.1) is 0 Å². The standard InChI is InChI=1S/C25H29N3O2/c1-18(2)20-11-13-21(14-12-20)30-17-25(29)27-23-9-6-10-24-22(23)15-26-28(24)16-19-7-4-3-5-8-19/h3-5,7-8,11-15,18,23H,6,9-10,16-17H2,1-2H3,(H,27,29). The van der Waals surface area contributed by atoms with Crippen LogP contribution < -0.4 is 10.1 Å². The van der Waals surface area contributed by atoms with Gasteiger partial charge in [0, 0.05) is 11.3 Å². The molecule has 3 aromatic rings. The number of carbonyl (C=O) groups is 1. The molecule has 0 spiro atoms. The van der Waals surface area contributed by atoms with Gasteiger partial charge < -0.3 is 10.1 Å². The Labute approximate surface area is 178 Å². The molecule has 30 heavy (non-hydrogen) atoms. The summed E-state index contributed by atoms with van der Waals surface area (Å²) < 4.78 is 7.75. The van der Waals surface area contributed by atoms with Crippen molar-refractivity contribution in [1.29, 1.82) is 0 Å². The predicted molar refractivity (Wildman–Crippen MR) is 118 cm³/mol. The van der Waals surface area contributed by atoms with Gasteiger partial charge in [-0.2, -0.15) is 5.10 Å². The number of hydrogen-bond donors (Lipinski definition) is 1. The van der Waals surface area contributed by atoms with E-state index in [1.165, 1.54) is 16.8 Å². The van der Waals surface area contributed by atoms with E-state index in [1.54, 1.807) is 0 Å². The number of hydrogen-bond acceptors (Lipinski definition) is 3. The molecular weight excluding hydrogens is 374 g/mol. The first kappa shape index (κ1) is 20.2. The quantitative estimate of drug-likeness (QED) is 0.626. The molecule has 0 radical (unpaired) electrons. The molecule has 156 valence electrons. The molecule has 1 atom stereocenters. The maximum absolute atomic E-state index is 12.5. The largest absolute Gasteiger partial charge is 0.484 e. The number of nitrogens with one attached hydrogen (secondary N) is 1. The Kier molecular flexibility index (Phi) is 6.17. The number of amides is 1. The Balaban J connectivity index is 1.36. The highest BCUT2D eigenvalue weighted by Crippen LogP contribution is 2.30. The van der Waals surface area contributed by atoms with Gasteiger partial charge in [-0.15, -0.1) is 0 Å². The summed E-state index contributed by atoms with van der Waals surface area (Å²) in [7, 11) is 0. The molecule has 5 nitrogen and oxygen atoms in total. The summed E-state index contributed by atoms with van der Waals surface area (Å²) in [6.45, 7) is 5.09. The fraction of sp³-hybridized carbons (Fsp3) is 0.360. The molecule has 0 fully saturated rings. The van der Waals surface area contributed by atoms with Crippen LogP contribution in [0.1, 0.15) is 61.0 Å². The van der Waals surface area contributed by atoms with Gasteiger partial charge in [0.1, 0.15) is 5.75 Å². The molecule has 0 saturated heterocycles. The first-order valence-electron chi connectivity index (χ1n) is 10.7. The predicted octanol–water partition coefficient (Wildman–Crippen LogP) is 4.63. The van der Waals surface area contributed by atoms with Crippen molar-refractivity contribution in [2.45, 2.75) is 51.6 Å². The summed E-state index contributed by atoms with van der Waals surface area (Å²) in [5, 5.41) is 7.74. The van der Waals surface area contributed by atoms with Crippen molar-refractivity contribution in [1.82, 2.24) is 15.1 Å². The van der Waals surface area contributed by atoms with Crippen molar-refractivity contribution >= 4 is 5.91 Å². The van der Waals surface area contributed by atoms with Crippen molar-refractivity contribution in [3.63, 3.8) is 0 Å². The van der Waals surface area contributed by atoms with Gasteiger partial charge in [-0.3, -0.25) is 9.48 Å². The summed E-state index contributed by atoms with van der Waals surface area (Å²) in [5.41, 5.74) is 4.84. The normalized spacial score (nSPS) is 15.6. The molecule has 1 heterocycles. The van der Waals surface area contributed by atoms with E-state index in [1.807, 2.05) is 48.7 Å². The number of aromatic nitrogens is 2. The molecule has 0 saturated carbocycles. The summed E-state index contributed by atoms with van der Waals surface area (Å²) in [5.74, 6) is 1.09. The Morgan fingerprint density at radius 3 is 2.67 bits per heavy atom. The Bertz CT molecular complexity index is 977. The highest BCUT2D eigenvalue weighted by Gasteiger charge is 2.25. The summed E-state index contributed by atoms with van der Waals surface area (Å²) in [6, 6.07) is 18.3. The van der Waals surface area contributed by atoms with Crippen LogP contribution in [-0.2, 0) is 17.8 Å². The van der Waals surface area contributed by atoms with Crippen LogP contribution in [0.5, 0.6) is 5.75 Å². The van der Waals surface area contributed by atoms with Crippen molar-refractivity contribution in [2.75, 3.05) is 6.61 Å². The monoisotopic (exact) mass is 403 g/mol. The lowest BCUT2D eigenvalue weighted by Gasteiger charge is -2.24. The van der Waals surface area contributed by atoms with E-state index >= 15 is 0 Å². The zero-order valence-corrected chi connectivity index (χ0v) is 17.7. The topological polar surface area (TPSA) is 56.1 Å².